The predicted molar refractivity (Wildman–Crippen MR) is 276 cm³/mol. The summed E-state index contributed by atoms with van der Waals surface area (Å²) in [7, 11) is -2.95. The van der Waals surface area contributed by atoms with Gasteiger partial charge in [-0.05, 0) is 69.3 Å². The highest BCUT2D eigenvalue weighted by Gasteiger charge is 2.42. The topological polar surface area (TPSA) is 66.1 Å². The van der Waals surface area contributed by atoms with Gasteiger partial charge in [0, 0.05) is 33.2 Å². The van der Waals surface area contributed by atoms with Crippen LogP contribution in [0.5, 0.6) is 0 Å². The largest absolute Gasteiger partial charge is 0.456 e. The Labute approximate surface area is 385 Å². The second-order valence-electron chi connectivity index (χ2n) is 17.2. The van der Waals surface area contributed by atoms with Crippen molar-refractivity contribution in [2.24, 2.45) is 0 Å². The molecule has 0 N–H and O–H groups in total. The van der Waals surface area contributed by atoms with E-state index < -0.39 is 8.07 Å². The molecule has 0 saturated heterocycles. The summed E-state index contributed by atoms with van der Waals surface area (Å²) in [4.78, 5) is 16.2. The monoisotopic (exact) mass is 874 g/mol. The van der Waals surface area contributed by atoms with Crippen LogP contribution in [0.15, 0.2) is 235 Å². The highest BCUT2D eigenvalue weighted by Crippen LogP contribution is 2.35. The van der Waals surface area contributed by atoms with Crippen molar-refractivity contribution in [3.63, 3.8) is 0 Å². The van der Waals surface area contributed by atoms with Crippen molar-refractivity contribution in [3.05, 3.63) is 231 Å². The van der Waals surface area contributed by atoms with Gasteiger partial charge in [-0.3, -0.25) is 13.5 Å². The number of hydrogen-bond acceptors (Lipinski definition) is 4. The van der Waals surface area contributed by atoms with Crippen molar-refractivity contribution < 1.29 is 4.42 Å². The lowest BCUT2D eigenvalue weighted by atomic mass is 10.1. The molecule has 8 heteroatoms. The minimum Gasteiger partial charge on any atom is -0.456 e. The van der Waals surface area contributed by atoms with Gasteiger partial charge in [0.1, 0.15) is 22.8 Å². The second kappa shape index (κ2) is 14.6. The molecule has 0 aliphatic carbocycles. The number of fused-ring (bicyclic) bond motifs is 11. The normalized spacial score (nSPS) is 12.2. The Morgan fingerprint density at radius 3 is 1.54 bits per heavy atom. The number of rotatable bonds is 7. The van der Waals surface area contributed by atoms with Gasteiger partial charge in [0.2, 0.25) is 5.78 Å². The van der Waals surface area contributed by atoms with E-state index in [0.717, 1.165) is 78.0 Å². The van der Waals surface area contributed by atoms with Crippen LogP contribution in [0, 0.1) is 0 Å². The van der Waals surface area contributed by atoms with Gasteiger partial charge in [-0.25, -0.2) is 15.0 Å². The van der Waals surface area contributed by atoms with E-state index in [4.69, 9.17) is 19.4 Å². The van der Waals surface area contributed by atoms with Crippen LogP contribution in [-0.4, -0.2) is 36.6 Å². The Kier molecular flexibility index (Phi) is 8.17. The lowest BCUT2D eigenvalue weighted by Gasteiger charge is -2.34. The van der Waals surface area contributed by atoms with Crippen molar-refractivity contribution in [2.45, 2.75) is 0 Å². The third-order valence-electron chi connectivity index (χ3n) is 13.6. The fourth-order valence-electron chi connectivity index (χ4n) is 10.7. The van der Waals surface area contributed by atoms with Crippen molar-refractivity contribution >= 4 is 100 Å². The average Bonchev–Trinajstić information content (AvgIpc) is 4.14. The molecule has 0 fully saturated rings. The molecule has 67 heavy (non-hydrogen) atoms. The minimum absolute atomic E-state index is 0.617. The van der Waals surface area contributed by atoms with Crippen LogP contribution in [0.2, 0.25) is 0 Å². The van der Waals surface area contributed by atoms with E-state index in [1.807, 2.05) is 12.1 Å². The molecule has 9 aromatic carbocycles. The van der Waals surface area contributed by atoms with Gasteiger partial charge in [0.15, 0.2) is 13.9 Å². The summed E-state index contributed by atoms with van der Waals surface area (Å²) in [5.41, 5.74) is 8.87. The molecule has 0 aliphatic heterocycles. The first kappa shape index (κ1) is 37.5. The zero-order chi connectivity index (χ0) is 44.1. The summed E-state index contributed by atoms with van der Waals surface area (Å²) in [5.74, 6) is 2.90. The van der Waals surface area contributed by atoms with Crippen molar-refractivity contribution in [2.75, 3.05) is 0 Å². The summed E-state index contributed by atoms with van der Waals surface area (Å²) < 4.78 is 13.1. The van der Waals surface area contributed by atoms with Crippen molar-refractivity contribution in [1.82, 2.24) is 28.5 Å². The number of hydrogen-bond donors (Lipinski definition) is 0. The van der Waals surface area contributed by atoms with Crippen LogP contribution in [0.4, 0.5) is 0 Å². The lowest BCUT2D eigenvalue weighted by molar-refractivity contribution is 0.669. The highest BCUT2D eigenvalue weighted by atomic mass is 28.3. The number of para-hydroxylation sites is 7. The number of benzene rings is 9. The smallest absolute Gasteiger partial charge is 0.221 e. The van der Waals surface area contributed by atoms with E-state index in [1.165, 1.54) is 31.5 Å². The van der Waals surface area contributed by atoms with Gasteiger partial charge >= 0.3 is 0 Å². The third kappa shape index (κ3) is 5.54. The van der Waals surface area contributed by atoms with Crippen molar-refractivity contribution in [3.8, 4) is 23.0 Å². The van der Waals surface area contributed by atoms with Crippen LogP contribution < -0.4 is 20.7 Å². The van der Waals surface area contributed by atoms with Gasteiger partial charge < -0.3 is 4.42 Å². The Morgan fingerprint density at radius 1 is 0.343 bits per heavy atom. The summed E-state index contributed by atoms with van der Waals surface area (Å²) in [6.07, 6.45) is 0. The Hall–Kier alpha value is -8.85. The minimum atomic E-state index is -2.95. The van der Waals surface area contributed by atoms with E-state index in [-0.39, 0.29) is 0 Å². The Morgan fingerprint density at radius 2 is 0.851 bits per heavy atom. The van der Waals surface area contributed by atoms with Crippen LogP contribution in [-0.2, 0) is 0 Å². The summed E-state index contributed by atoms with van der Waals surface area (Å²) >= 11 is 0. The summed E-state index contributed by atoms with van der Waals surface area (Å²) in [5, 5.41) is 9.69. The molecule has 0 amide bonds. The molecule has 14 aromatic rings. The van der Waals surface area contributed by atoms with Crippen LogP contribution >= 0.6 is 0 Å². The van der Waals surface area contributed by atoms with Crippen LogP contribution in [0.3, 0.4) is 0 Å². The van der Waals surface area contributed by atoms with E-state index in [1.54, 1.807) is 0 Å². The molecule has 0 atom stereocenters. The van der Waals surface area contributed by atoms with Crippen molar-refractivity contribution in [1.29, 1.82) is 0 Å². The number of furan rings is 1. The second-order valence-corrected chi connectivity index (χ2v) is 21.0. The molecule has 14 rings (SSSR count). The number of nitrogens with zero attached hydrogens (tertiary/aromatic N) is 6. The molecule has 0 bridgehead atoms. The molecule has 0 radical (unpaired) electrons. The highest BCUT2D eigenvalue weighted by molar-refractivity contribution is 7.20. The van der Waals surface area contributed by atoms with Gasteiger partial charge in [-0.15, -0.1) is 0 Å². The fraction of sp³-hybridized carbons (Fsp3) is 0. The molecule has 0 unspecified atom stereocenters. The molecular weight excluding hydrogens is 837 g/mol. The standard InChI is InChI=1S/C59H38N6OSi/c1-3-17-40(18-4-1)67(41-19-5-2-6-20-41,43-35-36-55-47(37-43)46-23-9-16-30-54(46)66-55)42-33-31-39(32-34-42)58-61-56(63-49-25-11-7-21-44(49)45-22-8-12-26-50(45)63)38-57(62-58)65-53-29-15-14-28-52(53)64-51-27-13-10-24-48(51)60-59(64)65/h1-38H. The average molecular weight is 875 g/mol. The van der Waals surface area contributed by atoms with Gasteiger partial charge in [0.05, 0.1) is 33.1 Å². The quantitative estimate of drug-likeness (QED) is 0.118. The fourth-order valence-corrected chi connectivity index (χ4v) is 15.5. The van der Waals surface area contributed by atoms with E-state index >= 15 is 0 Å². The summed E-state index contributed by atoms with van der Waals surface area (Å²) in [6.45, 7) is 0. The van der Waals surface area contributed by atoms with E-state index in [2.05, 4.69) is 232 Å². The predicted octanol–water partition coefficient (Wildman–Crippen LogP) is 11.3. The third-order valence-corrected chi connectivity index (χ3v) is 18.4. The van der Waals surface area contributed by atoms with Gasteiger partial charge in [-0.1, -0.05) is 176 Å². The van der Waals surface area contributed by atoms with Gasteiger partial charge in [-0.2, -0.15) is 0 Å². The first-order valence-corrected chi connectivity index (χ1v) is 24.6. The van der Waals surface area contributed by atoms with E-state index in [0.29, 0.717) is 5.82 Å². The SMILES string of the molecule is c1ccc([Si](c2ccccc2)(c2ccc(-c3nc(-n4c5ccccc5c5ccccc54)cc(-n4c5ccccc5n5c6ccccc6nc45)n3)cc2)c2ccc3oc4ccccc4c3c2)cc1. The Bertz CT molecular complexity index is 4130. The molecule has 5 heterocycles. The maximum absolute atomic E-state index is 6.38. The zero-order valence-corrected chi connectivity index (χ0v) is 37.0. The molecule has 5 aromatic heterocycles. The molecule has 0 spiro atoms. The first-order valence-electron chi connectivity index (χ1n) is 22.6. The zero-order valence-electron chi connectivity index (χ0n) is 36.0. The maximum atomic E-state index is 6.38. The van der Waals surface area contributed by atoms with E-state index in [9.17, 15) is 0 Å². The maximum Gasteiger partial charge on any atom is 0.221 e. The van der Waals surface area contributed by atoms with Crippen LogP contribution in [0.25, 0.3) is 94.6 Å². The number of imidazole rings is 2. The molecular formula is C59H38N6OSi. The Balaban J connectivity index is 1.02. The van der Waals surface area contributed by atoms with Crippen LogP contribution in [0.1, 0.15) is 0 Å². The molecule has 0 saturated carbocycles. The number of aromatic nitrogens is 6. The molecule has 314 valence electrons. The first-order chi connectivity index (χ1) is 33.2. The molecule has 7 nitrogen and oxygen atoms in total. The summed E-state index contributed by atoms with van der Waals surface area (Å²) in [6, 6.07) is 82.4. The van der Waals surface area contributed by atoms with Gasteiger partial charge in [0.25, 0.3) is 0 Å². The molecule has 0 aliphatic rings. The lowest BCUT2D eigenvalue weighted by Crippen LogP contribution is -2.74.